The van der Waals surface area contributed by atoms with E-state index in [4.69, 9.17) is 0 Å². The van der Waals surface area contributed by atoms with Gasteiger partial charge in [0, 0.05) is 12.6 Å². The number of amides is 1. The maximum absolute atomic E-state index is 12.6. The molecular formula is C16H19N3OS2. The van der Waals surface area contributed by atoms with E-state index in [-0.39, 0.29) is 5.91 Å². The third-order valence-corrected chi connectivity index (χ3v) is 5.77. The molecule has 3 rings (SSSR count). The molecule has 1 atom stereocenters. The highest BCUT2D eigenvalue weighted by molar-refractivity contribution is 8.01. The smallest absolute Gasteiger partial charge is 0.233 e. The van der Waals surface area contributed by atoms with Crippen LogP contribution in [0.3, 0.4) is 0 Å². The average Bonchev–Trinajstić information content (AvgIpc) is 3.08. The van der Waals surface area contributed by atoms with Gasteiger partial charge in [0.15, 0.2) is 4.34 Å². The van der Waals surface area contributed by atoms with Crippen LogP contribution in [0.2, 0.25) is 0 Å². The third kappa shape index (κ3) is 4.08. The zero-order chi connectivity index (χ0) is 15.2. The quantitative estimate of drug-likeness (QED) is 0.788. The van der Waals surface area contributed by atoms with E-state index in [0.29, 0.717) is 11.8 Å². The summed E-state index contributed by atoms with van der Waals surface area (Å²) < 4.78 is 0.866. The van der Waals surface area contributed by atoms with Gasteiger partial charge in [-0.1, -0.05) is 53.4 Å². The number of hydrogen-bond acceptors (Lipinski definition) is 5. The third-order valence-electron chi connectivity index (χ3n) is 3.92. The summed E-state index contributed by atoms with van der Waals surface area (Å²) in [5, 5.41) is 7.79. The molecule has 116 valence electrons. The number of thioether (sulfide) groups is 1. The minimum absolute atomic E-state index is 0.223. The molecule has 0 aliphatic carbocycles. The molecule has 22 heavy (non-hydrogen) atoms. The molecule has 1 aromatic heterocycles. The van der Waals surface area contributed by atoms with Crippen molar-refractivity contribution in [2.24, 2.45) is 0 Å². The van der Waals surface area contributed by atoms with Crippen LogP contribution in [0.5, 0.6) is 0 Å². The van der Waals surface area contributed by atoms with Gasteiger partial charge in [-0.25, -0.2) is 0 Å². The fourth-order valence-electron chi connectivity index (χ4n) is 2.86. The highest BCUT2D eigenvalue weighted by Gasteiger charge is 2.26. The van der Waals surface area contributed by atoms with E-state index in [9.17, 15) is 4.79 Å². The van der Waals surface area contributed by atoms with E-state index >= 15 is 0 Å². The molecule has 4 nitrogen and oxygen atoms in total. The Morgan fingerprint density at radius 1 is 1.32 bits per heavy atom. The molecule has 0 saturated carbocycles. The SMILES string of the molecule is O=C(CSc1nncs1)N1CCCC[C@H]1Cc1ccccc1. The van der Waals surface area contributed by atoms with Gasteiger partial charge in [0.1, 0.15) is 5.51 Å². The summed E-state index contributed by atoms with van der Waals surface area (Å²) in [4.78, 5) is 14.6. The second-order valence-electron chi connectivity index (χ2n) is 5.42. The predicted octanol–water partition coefficient (Wildman–Crippen LogP) is 3.25. The van der Waals surface area contributed by atoms with Crippen LogP contribution in [0, 0.1) is 0 Å². The van der Waals surface area contributed by atoms with E-state index in [1.807, 2.05) is 6.07 Å². The summed E-state index contributed by atoms with van der Waals surface area (Å²) in [6, 6.07) is 10.8. The molecule has 1 aliphatic rings. The lowest BCUT2D eigenvalue weighted by atomic mass is 9.95. The molecule has 0 spiro atoms. The second-order valence-corrected chi connectivity index (χ2v) is 7.48. The van der Waals surface area contributed by atoms with Crippen LogP contribution in [0.25, 0.3) is 0 Å². The van der Waals surface area contributed by atoms with Gasteiger partial charge in [0.2, 0.25) is 5.91 Å². The van der Waals surface area contributed by atoms with Crippen molar-refractivity contribution in [3.05, 3.63) is 41.4 Å². The highest BCUT2D eigenvalue weighted by Crippen LogP contribution is 2.24. The normalized spacial score (nSPS) is 18.4. The van der Waals surface area contributed by atoms with Crippen LogP contribution < -0.4 is 0 Å². The maximum atomic E-state index is 12.6. The van der Waals surface area contributed by atoms with Crippen molar-refractivity contribution in [1.82, 2.24) is 15.1 Å². The number of benzene rings is 1. The van der Waals surface area contributed by atoms with Crippen LogP contribution in [-0.2, 0) is 11.2 Å². The summed E-state index contributed by atoms with van der Waals surface area (Å²) in [7, 11) is 0. The second kappa shape index (κ2) is 7.74. The monoisotopic (exact) mass is 333 g/mol. The van der Waals surface area contributed by atoms with E-state index in [1.54, 1.807) is 5.51 Å². The first kappa shape index (κ1) is 15.5. The van der Waals surface area contributed by atoms with Crippen LogP contribution in [0.15, 0.2) is 40.2 Å². The summed E-state index contributed by atoms with van der Waals surface area (Å²) in [5.74, 6) is 0.682. The number of carbonyl (C=O) groups excluding carboxylic acids is 1. The number of rotatable bonds is 5. The number of piperidine rings is 1. The molecule has 1 aliphatic heterocycles. The van der Waals surface area contributed by atoms with Gasteiger partial charge in [-0.15, -0.1) is 10.2 Å². The van der Waals surface area contributed by atoms with Crippen molar-refractivity contribution < 1.29 is 4.79 Å². The van der Waals surface area contributed by atoms with Crippen molar-refractivity contribution in [1.29, 1.82) is 0 Å². The van der Waals surface area contributed by atoms with Crippen molar-refractivity contribution >= 4 is 29.0 Å². The molecule has 0 unspecified atom stereocenters. The van der Waals surface area contributed by atoms with Crippen molar-refractivity contribution in [2.45, 2.75) is 36.1 Å². The minimum atomic E-state index is 0.223. The fraction of sp³-hybridized carbons (Fsp3) is 0.438. The standard InChI is InChI=1S/C16H19N3OS2/c20-15(11-21-16-18-17-12-22-16)19-9-5-4-8-14(19)10-13-6-2-1-3-7-13/h1-3,6-7,12,14H,4-5,8-11H2/t14-/m0/s1. The molecular weight excluding hydrogens is 314 g/mol. The zero-order valence-corrected chi connectivity index (χ0v) is 14.0. The number of hydrogen-bond donors (Lipinski definition) is 0. The molecule has 1 fully saturated rings. The van der Waals surface area contributed by atoms with Gasteiger partial charge in [0.05, 0.1) is 5.75 Å². The Kier molecular flexibility index (Phi) is 5.45. The van der Waals surface area contributed by atoms with Gasteiger partial charge >= 0.3 is 0 Å². The molecule has 2 aromatic rings. The van der Waals surface area contributed by atoms with Crippen molar-refractivity contribution in [3.8, 4) is 0 Å². The zero-order valence-electron chi connectivity index (χ0n) is 12.4. The van der Waals surface area contributed by atoms with Gasteiger partial charge in [-0.2, -0.15) is 0 Å². The Balaban J connectivity index is 1.60. The lowest BCUT2D eigenvalue weighted by Gasteiger charge is -2.36. The van der Waals surface area contributed by atoms with E-state index in [2.05, 4.69) is 39.4 Å². The molecule has 0 N–H and O–H groups in total. The average molecular weight is 333 g/mol. The lowest BCUT2D eigenvalue weighted by Crippen LogP contribution is -2.45. The topological polar surface area (TPSA) is 46.1 Å². The number of nitrogens with zero attached hydrogens (tertiary/aromatic N) is 3. The Morgan fingerprint density at radius 3 is 2.95 bits per heavy atom. The van der Waals surface area contributed by atoms with Crippen LogP contribution in [0.1, 0.15) is 24.8 Å². The highest BCUT2D eigenvalue weighted by atomic mass is 32.2. The number of likely N-dealkylation sites (tertiary alicyclic amines) is 1. The summed E-state index contributed by atoms with van der Waals surface area (Å²) in [6.45, 7) is 0.882. The van der Waals surface area contributed by atoms with Gasteiger partial charge < -0.3 is 4.90 Å². The minimum Gasteiger partial charge on any atom is -0.339 e. The van der Waals surface area contributed by atoms with Gasteiger partial charge in [0.25, 0.3) is 0 Å². The summed E-state index contributed by atoms with van der Waals surface area (Å²) in [6.07, 6.45) is 4.38. The Hall–Kier alpha value is -1.40. The lowest BCUT2D eigenvalue weighted by molar-refractivity contribution is -0.131. The van der Waals surface area contributed by atoms with Crippen LogP contribution in [-0.4, -0.2) is 39.3 Å². The largest absolute Gasteiger partial charge is 0.339 e. The van der Waals surface area contributed by atoms with Gasteiger partial charge in [-0.3, -0.25) is 4.79 Å². The Labute approximate surface area is 138 Å². The molecule has 0 bridgehead atoms. The van der Waals surface area contributed by atoms with Crippen molar-refractivity contribution in [2.75, 3.05) is 12.3 Å². The molecule has 0 radical (unpaired) electrons. The van der Waals surface area contributed by atoms with Crippen LogP contribution in [0.4, 0.5) is 0 Å². The predicted molar refractivity (Wildman–Crippen MR) is 90.1 cm³/mol. The summed E-state index contributed by atoms with van der Waals surface area (Å²) >= 11 is 2.98. The first-order chi connectivity index (χ1) is 10.8. The van der Waals surface area contributed by atoms with E-state index in [1.165, 1.54) is 35.1 Å². The van der Waals surface area contributed by atoms with E-state index < -0.39 is 0 Å². The van der Waals surface area contributed by atoms with Gasteiger partial charge in [-0.05, 0) is 31.2 Å². The fourth-order valence-corrected chi connectivity index (χ4v) is 4.23. The molecule has 1 amide bonds. The van der Waals surface area contributed by atoms with Crippen LogP contribution >= 0.6 is 23.1 Å². The number of aromatic nitrogens is 2. The Bertz CT molecular complexity index is 589. The Morgan fingerprint density at radius 2 is 2.18 bits per heavy atom. The molecule has 1 saturated heterocycles. The number of carbonyl (C=O) groups is 1. The maximum Gasteiger partial charge on any atom is 0.233 e. The summed E-state index contributed by atoms with van der Waals surface area (Å²) in [5.41, 5.74) is 3.01. The van der Waals surface area contributed by atoms with E-state index in [0.717, 1.165) is 30.1 Å². The molecule has 6 heteroatoms. The van der Waals surface area contributed by atoms with Crippen molar-refractivity contribution in [3.63, 3.8) is 0 Å². The first-order valence-electron chi connectivity index (χ1n) is 7.55. The molecule has 2 heterocycles. The molecule has 1 aromatic carbocycles. The first-order valence-corrected chi connectivity index (χ1v) is 9.42.